The van der Waals surface area contributed by atoms with Crippen LogP contribution in [0.1, 0.15) is 25.5 Å². The molecule has 0 saturated heterocycles. The molecular weight excluding hydrogens is 307 g/mol. The van der Waals surface area contributed by atoms with E-state index in [4.69, 9.17) is 23.2 Å². The van der Waals surface area contributed by atoms with E-state index >= 15 is 0 Å². The third-order valence-electron chi connectivity index (χ3n) is 3.03. The second kappa shape index (κ2) is 6.83. The van der Waals surface area contributed by atoms with Gasteiger partial charge in [-0.25, -0.2) is 0 Å². The lowest BCUT2D eigenvalue weighted by molar-refractivity contribution is -0.114. The molecule has 3 nitrogen and oxygen atoms in total. The van der Waals surface area contributed by atoms with Crippen molar-refractivity contribution in [2.45, 2.75) is 19.9 Å². The molecule has 0 fully saturated rings. The van der Waals surface area contributed by atoms with Crippen LogP contribution in [0.15, 0.2) is 42.5 Å². The summed E-state index contributed by atoms with van der Waals surface area (Å²) in [7, 11) is 0. The smallest absolute Gasteiger partial charge is 0.221 e. The van der Waals surface area contributed by atoms with Gasteiger partial charge in [-0.15, -0.1) is 0 Å². The largest absolute Gasteiger partial charge is 0.379 e. The number of rotatable bonds is 4. The van der Waals surface area contributed by atoms with E-state index in [-0.39, 0.29) is 11.9 Å². The van der Waals surface area contributed by atoms with E-state index < -0.39 is 0 Å². The number of benzene rings is 2. The summed E-state index contributed by atoms with van der Waals surface area (Å²) in [5.41, 5.74) is 2.79. The summed E-state index contributed by atoms with van der Waals surface area (Å²) in [6, 6.07) is 13.2. The average Bonchev–Trinajstić information content (AvgIpc) is 2.43. The summed E-state index contributed by atoms with van der Waals surface area (Å²) < 4.78 is 0. The Labute approximate surface area is 134 Å². The van der Waals surface area contributed by atoms with Gasteiger partial charge in [0.1, 0.15) is 0 Å². The van der Waals surface area contributed by atoms with Crippen molar-refractivity contribution >= 4 is 40.5 Å². The van der Waals surface area contributed by atoms with Crippen LogP contribution in [0.4, 0.5) is 11.4 Å². The molecule has 5 heteroatoms. The topological polar surface area (TPSA) is 41.1 Å². The number of nitrogens with one attached hydrogen (secondary N) is 2. The maximum Gasteiger partial charge on any atom is 0.221 e. The molecule has 0 aliphatic rings. The van der Waals surface area contributed by atoms with Gasteiger partial charge < -0.3 is 10.6 Å². The number of carbonyl (C=O) groups is 1. The highest BCUT2D eigenvalue weighted by Crippen LogP contribution is 2.27. The Kier molecular flexibility index (Phi) is 5.10. The third-order valence-corrected chi connectivity index (χ3v) is 3.77. The summed E-state index contributed by atoms with van der Waals surface area (Å²) in [6.45, 7) is 3.53. The highest BCUT2D eigenvalue weighted by molar-refractivity contribution is 6.42. The fourth-order valence-corrected chi connectivity index (χ4v) is 2.27. The van der Waals surface area contributed by atoms with E-state index in [9.17, 15) is 4.79 Å². The van der Waals surface area contributed by atoms with Crippen LogP contribution < -0.4 is 10.6 Å². The van der Waals surface area contributed by atoms with Gasteiger partial charge >= 0.3 is 0 Å². The van der Waals surface area contributed by atoms with E-state index in [1.807, 2.05) is 43.3 Å². The normalized spacial score (nSPS) is 11.8. The molecule has 0 bridgehead atoms. The molecule has 2 rings (SSSR count). The minimum atomic E-state index is -0.0834. The molecule has 0 aliphatic carbocycles. The SMILES string of the molecule is CC(=O)Nc1ccc(NC(C)c2ccc(Cl)c(Cl)c2)cc1. The van der Waals surface area contributed by atoms with Gasteiger partial charge in [0.2, 0.25) is 5.91 Å². The van der Waals surface area contributed by atoms with Gasteiger partial charge in [0.25, 0.3) is 0 Å². The summed E-state index contributed by atoms with van der Waals surface area (Å²) >= 11 is 11.9. The Morgan fingerprint density at radius 1 is 1.00 bits per heavy atom. The fraction of sp³-hybridized carbons (Fsp3) is 0.188. The molecule has 0 spiro atoms. The maximum atomic E-state index is 11.0. The predicted octanol–water partition coefficient (Wildman–Crippen LogP) is 5.12. The van der Waals surface area contributed by atoms with Crippen LogP contribution in [0.3, 0.4) is 0 Å². The average molecular weight is 323 g/mol. The van der Waals surface area contributed by atoms with Gasteiger partial charge in [-0.05, 0) is 48.9 Å². The standard InChI is InChI=1S/C16H16Cl2N2O/c1-10(12-3-8-15(17)16(18)9-12)19-13-4-6-14(7-5-13)20-11(2)21/h3-10,19H,1-2H3,(H,20,21). The van der Waals surface area contributed by atoms with E-state index in [0.29, 0.717) is 10.0 Å². The van der Waals surface area contributed by atoms with Crippen molar-refractivity contribution in [3.8, 4) is 0 Å². The molecule has 2 aromatic rings. The van der Waals surface area contributed by atoms with Crippen LogP contribution in [-0.2, 0) is 4.79 Å². The van der Waals surface area contributed by atoms with E-state index in [1.54, 1.807) is 6.07 Å². The van der Waals surface area contributed by atoms with Crippen LogP contribution in [0.25, 0.3) is 0 Å². The maximum absolute atomic E-state index is 11.0. The number of hydrogen-bond donors (Lipinski definition) is 2. The highest BCUT2D eigenvalue weighted by atomic mass is 35.5. The van der Waals surface area contributed by atoms with Crippen LogP contribution >= 0.6 is 23.2 Å². The van der Waals surface area contributed by atoms with E-state index in [1.165, 1.54) is 6.92 Å². The molecule has 0 radical (unpaired) electrons. The fourth-order valence-electron chi connectivity index (χ4n) is 1.97. The molecule has 1 unspecified atom stereocenters. The first-order chi connectivity index (χ1) is 9.95. The van der Waals surface area contributed by atoms with Crippen molar-refractivity contribution in [3.05, 3.63) is 58.1 Å². The van der Waals surface area contributed by atoms with Crippen molar-refractivity contribution in [2.24, 2.45) is 0 Å². The number of hydrogen-bond acceptors (Lipinski definition) is 2. The first kappa shape index (κ1) is 15.7. The monoisotopic (exact) mass is 322 g/mol. The molecule has 2 N–H and O–H groups in total. The van der Waals surface area contributed by atoms with Crippen LogP contribution in [0, 0.1) is 0 Å². The quantitative estimate of drug-likeness (QED) is 0.819. The van der Waals surface area contributed by atoms with Crippen molar-refractivity contribution in [1.82, 2.24) is 0 Å². The van der Waals surface area contributed by atoms with Gasteiger partial charge in [-0.2, -0.15) is 0 Å². The lowest BCUT2D eigenvalue weighted by atomic mass is 10.1. The van der Waals surface area contributed by atoms with Gasteiger partial charge in [0.05, 0.1) is 10.0 Å². The summed E-state index contributed by atoms with van der Waals surface area (Å²) in [4.78, 5) is 11.0. The number of halogens is 2. The Balaban J connectivity index is 2.06. The molecule has 0 heterocycles. The Morgan fingerprint density at radius 2 is 1.62 bits per heavy atom. The molecule has 0 aromatic heterocycles. The lowest BCUT2D eigenvalue weighted by Gasteiger charge is -2.16. The first-order valence-corrected chi connectivity index (χ1v) is 7.30. The van der Waals surface area contributed by atoms with Crippen molar-refractivity contribution < 1.29 is 4.79 Å². The molecule has 0 saturated carbocycles. The second-order valence-electron chi connectivity index (χ2n) is 4.80. The third kappa shape index (κ3) is 4.38. The molecule has 110 valence electrons. The van der Waals surface area contributed by atoms with Crippen molar-refractivity contribution in [1.29, 1.82) is 0 Å². The lowest BCUT2D eigenvalue weighted by Crippen LogP contribution is -2.08. The zero-order chi connectivity index (χ0) is 15.4. The first-order valence-electron chi connectivity index (χ1n) is 6.55. The number of anilines is 2. The van der Waals surface area contributed by atoms with Crippen LogP contribution in [0.5, 0.6) is 0 Å². The van der Waals surface area contributed by atoms with E-state index in [0.717, 1.165) is 16.9 Å². The second-order valence-corrected chi connectivity index (χ2v) is 5.61. The zero-order valence-corrected chi connectivity index (χ0v) is 13.3. The van der Waals surface area contributed by atoms with Crippen molar-refractivity contribution in [3.63, 3.8) is 0 Å². The minimum Gasteiger partial charge on any atom is -0.379 e. The Hall–Kier alpha value is -1.71. The molecule has 0 aliphatic heterocycles. The van der Waals surface area contributed by atoms with Gasteiger partial charge in [-0.3, -0.25) is 4.79 Å². The molecule has 2 aromatic carbocycles. The summed E-state index contributed by atoms with van der Waals surface area (Å²) in [6.07, 6.45) is 0. The Bertz CT molecular complexity index is 641. The molecule has 21 heavy (non-hydrogen) atoms. The Morgan fingerprint density at radius 3 is 2.19 bits per heavy atom. The van der Waals surface area contributed by atoms with Crippen LogP contribution in [0.2, 0.25) is 10.0 Å². The number of carbonyl (C=O) groups excluding carboxylic acids is 1. The molecule has 1 amide bonds. The van der Waals surface area contributed by atoms with Gasteiger partial charge in [-0.1, -0.05) is 29.3 Å². The predicted molar refractivity (Wildman–Crippen MR) is 89.2 cm³/mol. The van der Waals surface area contributed by atoms with Crippen molar-refractivity contribution in [2.75, 3.05) is 10.6 Å². The molecular formula is C16H16Cl2N2O. The van der Waals surface area contributed by atoms with Gasteiger partial charge in [0.15, 0.2) is 0 Å². The van der Waals surface area contributed by atoms with Crippen LogP contribution in [-0.4, -0.2) is 5.91 Å². The highest BCUT2D eigenvalue weighted by Gasteiger charge is 2.07. The summed E-state index contributed by atoms with van der Waals surface area (Å²) in [5.74, 6) is -0.0834. The number of amides is 1. The minimum absolute atomic E-state index is 0.0834. The van der Waals surface area contributed by atoms with Gasteiger partial charge in [0, 0.05) is 24.3 Å². The van der Waals surface area contributed by atoms with E-state index in [2.05, 4.69) is 10.6 Å². The molecule has 1 atom stereocenters. The zero-order valence-electron chi connectivity index (χ0n) is 11.8. The summed E-state index contributed by atoms with van der Waals surface area (Å²) in [5, 5.41) is 7.20.